The summed E-state index contributed by atoms with van der Waals surface area (Å²) in [5.41, 5.74) is 7.22. The Kier molecular flexibility index (Phi) is 5.99. The van der Waals surface area contributed by atoms with Crippen molar-refractivity contribution in [2.24, 2.45) is 0 Å². The van der Waals surface area contributed by atoms with Gasteiger partial charge in [0.15, 0.2) is 0 Å². The number of anilines is 1. The molecule has 4 nitrogen and oxygen atoms in total. The van der Waals surface area contributed by atoms with Crippen LogP contribution in [0.3, 0.4) is 0 Å². The summed E-state index contributed by atoms with van der Waals surface area (Å²) < 4.78 is 15.5. The Hall–Kier alpha value is -3.60. The summed E-state index contributed by atoms with van der Waals surface area (Å²) >= 11 is 0. The zero-order valence-electron chi connectivity index (χ0n) is 18.9. The van der Waals surface area contributed by atoms with Gasteiger partial charge in [0.2, 0.25) is 0 Å². The first-order valence-corrected chi connectivity index (χ1v) is 10.7. The van der Waals surface area contributed by atoms with Crippen LogP contribution in [-0.4, -0.2) is 24.6 Å². The number of carbonyl (C=O) groups is 1. The van der Waals surface area contributed by atoms with Gasteiger partial charge in [-0.05, 0) is 73.0 Å². The molecule has 0 unspecified atom stereocenters. The largest absolute Gasteiger partial charge is 0.378 e. The van der Waals surface area contributed by atoms with Crippen molar-refractivity contribution in [3.8, 4) is 0 Å². The molecule has 32 heavy (non-hydrogen) atoms. The molecular weight excluding hydrogens is 401 g/mol. The molecular formula is C27H28FN3O. The maximum absolute atomic E-state index is 13.3. The summed E-state index contributed by atoms with van der Waals surface area (Å²) in [4.78, 5) is 14.8. The van der Waals surface area contributed by atoms with Crippen molar-refractivity contribution < 1.29 is 9.18 Å². The minimum atomic E-state index is -0.233. The summed E-state index contributed by atoms with van der Waals surface area (Å²) in [6.45, 7) is 5.29. The van der Waals surface area contributed by atoms with E-state index in [1.807, 2.05) is 73.6 Å². The fourth-order valence-corrected chi connectivity index (χ4v) is 3.96. The van der Waals surface area contributed by atoms with Crippen LogP contribution in [0.25, 0.3) is 10.9 Å². The second-order valence-corrected chi connectivity index (χ2v) is 8.40. The normalized spacial score (nSPS) is 11.0. The molecule has 4 aromatic rings. The number of aromatic nitrogens is 1. The van der Waals surface area contributed by atoms with Crippen molar-refractivity contribution in [1.82, 2.24) is 9.88 Å². The number of fused-ring (bicyclic) bond motifs is 1. The molecule has 4 rings (SSSR count). The van der Waals surface area contributed by atoms with E-state index >= 15 is 0 Å². The standard InChI is InChI=1S/C27H28FN3O/c1-18-19(2)31(17-21-5-10-23(28)11-6-21)26-14-9-22(15-25(18)26)27(32)29-16-20-7-12-24(13-8-20)30(3)4/h5-15H,16-17H2,1-4H3,(H,29,32). The van der Waals surface area contributed by atoms with Crippen LogP contribution in [0.15, 0.2) is 66.7 Å². The number of halogens is 1. The zero-order chi connectivity index (χ0) is 22.8. The topological polar surface area (TPSA) is 37.3 Å². The maximum Gasteiger partial charge on any atom is 0.251 e. The number of hydrogen-bond acceptors (Lipinski definition) is 2. The van der Waals surface area contributed by atoms with Gasteiger partial charge in [-0.2, -0.15) is 0 Å². The SMILES string of the molecule is Cc1c(C)n(Cc2ccc(F)cc2)c2ccc(C(=O)NCc3ccc(N(C)C)cc3)cc12. The molecule has 0 bridgehead atoms. The highest BCUT2D eigenvalue weighted by atomic mass is 19.1. The minimum Gasteiger partial charge on any atom is -0.378 e. The Morgan fingerprint density at radius 2 is 1.59 bits per heavy atom. The van der Waals surface area contributed by atoms with Crippen molar-refractivity contribution in [1.29, 1.82) is 0 Å². The van der Waals surface area contributed by atoms with E-state index < -0.39 is 0 Å². The predicted octanol–water partition coefficient (Wildman–Crippen LogP) is 5.44. The molecule has 1 heterocycles. The predicted molar refractivity (Wildman–Crippen MR) is 129 cm³/mol. The number of nitrogens with one attached hydrogen (secondary N) is 1. The lowest BCUT2D eigenvalue weighted by Crippen LogP contribution is -2.22. The van der Waals surface area contributed by atoms with E-state index in [-0.39, 0.29) is 11.7 Å². The molecule has 0 spiro atoms. The van der Waals surface area contributed by atoms with E-state index in [2.05, 4.69) is 23.7 Å². The van der Waals surface area contributed by atoms with Gasteiger partial charge in [-0.1, -0.05) is 24.3 Å². The highest BCUT2D eigenvalue weighted by molar-refractivity contribution is 5.99. The van der Waals surface area contributed by atoms with Gasteiger partial charge in [0, 0.05) is 55.0 Å². The molecule has 164 valence electrons. The number of hydrogen-bond donors (Lipinski definition) is 1. The van der Waals surface area contributed by atoms with Crippen LogP contribution >= 0.6 is 0 Å². The quantitative estimate of drug-likeness (QED) is 0.443. The first kappa shape index (κ1) is 21.6. The summed E-state index contributed by atoms with van der Waals surface area (Å²) in [5.74, 6) is -0.324. The summed E-state index contributed by atoms with van der Waals surface area (Å²) in [6, 6.07) is 20.6. The van der Waals surface area contributed by atoms with Crippen LogP contribution in [-0.2, 0) is 13.1 Å². The number of carbonyl (C=O) groups excluding carboxylic acids is 1. The number of amides is 1. The van der Waals surface area contributed by atoms with Crippen molar-refractivity contribution in [3.05, 3.63) is 100 Å². The molecule has 0 atom stereocenters. The number of nitrogens with zero attached hydrogens (tertiary/aromatic N) is 2. The smallest absolute Gasteiger partial charge is 0.251 e. The van der Waals surface area contributed by atoms with Crippen LogP contribution < -0.4 is 10.2 Å². The van der Waals surface area contributed by atoms with E-state index in [0.29, 0.717) is 18.7 Å². The van der Waals surface area contributed by atoms with Gasteiger partial charge < -0.3 is 14.8 Å². The molecule has 0 aliphatic heterocycles. The fraction of sp³-hybridized carbons (Fsp3) is 0.222. The number of benzene rings is 3. The third-order valence-corrected chi connectivity index (χ3v) is 6.06. The van der Waals surface area contributed by atoms with Crippen LogP contribution in [0.5, 0.6) is 0 Å². The molecule has 3 aromatic carbocycles. The summed E-state index contributed by atoms with van der Waals surface area (Å²) in [7, 11) is 4.01. The van der Waals surface area contributed by atoms with Crippen LogP contribution in [0, 0.1) is 19.7 Å². The van der Waals surface area contributed by atoms with Gasteiger partial charge in [-0.3, -0.25) is 4.79 Å². The molecule has 1 amide bonds. The summed E-state index contributed by atoms with van der Waals surface area (Å²) in [5, 5.41) is 4.08. The Balaban J connectivity index is 1.53. The molecule has 0 saturated heterocycles. The average Bonchev–Trinajstić information content (AvgIpc) is 3.03. The zero-order valence-corrected chi connectivity index (χ0v) is 18.9. The molecule has 0 aliphatic carbocycles. The summed E-state index contributed by atoms with van der Waals surface area (Å²) in [6.07, 6.45) is 0. The van der Waals surface area contributed by atoms with Gasteiger partial charge in [-0.15, -0.1) is 0 Å². The van der Waals surface area contributed by atoms with E-state index in [4.69, 9.17) is 0 Å². The van der Waals surface area contributed by atoms with Crippen molar-refractivity contribution in [3.63, 3.8) is 0 Å². The van der Waals surface area contributed by atoms with Gasteiger partial charge in [-0.25, -0.2) is 4.39 Å². The molecule has 0 aliphatic rings. The van der Waals surface area contributed by atoms with Crippen LogP contribution in [0.1, 0.15) is 32.7 Å². The number of rotatable bonds is 6. The Labute approximate surface area is 188 Å². The van der Waals surface area contributed by atoms with Crippen LogP contribution in [0.2, 0.25) is 0 Å². The second-order valence-electron chi connectivity index (χ2n) is 8.40. The highest BCUT2D eigenvalue weighted by Crippen LogP contribution is 2.27. The van der Waals surface area contributed by atoms with E-state index in [1.165, 1.54) is 12.1 Å². The molecule has 5 heteroatoms. The monoisotopic (exact) mass is 429 g/mol. The molecule has 0 fully saturated rings. The van der Waals surface area contributed by atoms with E-state index in [9.17, 15) is 9.18 Å². The third-order valence-electron chi connectivity index (χ3n) is 6.06. The highest BCUT2D eigenvalue weighted by Gasteiger charge is 2.14. The first-order chi connectivity index (χ1) is 15.3. The van der Waals surface area contributed by atoms with E-state index in [0.717, 1.165) is 39.0 Å². The number of aryl methyl sites for hydroxylation is 1. The van der Waals surface area contributed by atoms with Gasteiger partial charge in [0.05, 0.1) is 0 Å². The minimum absolute atomic E-state index is 0.0908. The lowest BCUT2D eigenvalue weighted by atomic mass is 10.1. The second kappa shape index (κ2) is 8.87. The third kappa shape index (κ3) is 4.37. The Morgan fingerprint density at radius 1 is 0.938 bits per heavy atom. The van der Waals surface area contributed by atoms with E-state index in [1.54, 1.807) is 0 Å². The van der Waals surface area contributed by atoms with Gasteiger partial charge in [0.1, 0.15) is 5.82 Å². The van der Waals surface area contributed by atoms with Crippen molar-refractivity contribution in [2.45, 2.75) is 26.9 Å². The fourth-order valence-electron chi connectivity index (χ4n) is 3.96. The molecule has 1 N–H and O–H groups in total. The van der Waals surface area contributed by atoms with Gasteiger partial charge >= 0.3 is 0 Å². The lowest BCUT2D eigenvalue weighted by molar-refractivity contribution is 0.0951. The maximum atomic E-state index is 13.3. The van der Waals surface area contributed by atoms with Crippen molar-refractivity contribution >= 4 is 22.5 Å². The Bertz CT molecular complexity index is 1260. The molecule has 0 saturated carbocycles. The molecule has 0 radical (unpaired) electrons. The lowest BCUT2D eigenvalue weighted by Gasteiger charge is -2.13. The first-order valence-electron chi connectivity index (χ1n) is 10.7. The molecule has 1 aromatic heterocycles. The van der Waals surface area contributed by atoms with Crippen molar-refractivity contribution in [2.75, 3.05) is 19.0 Å². The Morgan fingerprint density at radius 3 is 2.25 bits per heavy atom. The van der Waals surface area contributed by atoms with Gasteiger partial charge in [0.25, 0.3) is 5.91 Å². The average molecular weight is 430 g/mol. The van der Waals surface area contributed by atoms with Crippen LogP contribution in [0.4, 0.5) is 10.1 Å².